The molecule has 1 aromatic carbocycles. The molecule has 102 valence electrons. The van der Waals surface area contributed by atoms with Crippen LogP contribution in [0, 0.1) is 16.0 Å². The summed E-state index contributed by atoms with van der Waals surface area (Å²) in [6.45, 7) is 1.39. The number of methoxy groups -OCH3 is 1. The zero-order valence-corrected chi connectivity index (χ0v) is 10.9. The summed E-state index contributed by atoms with van der Waals surface area (Å²) in [6.07, 6.45) is 0. The number of carbonyl (C=O) groups is 1. The molecule has 0 saturated carbocycles. The Morgan fingerprint density at radius 1 is 1.37 bits per heavy atom. The first-order valence-electron chi connectivity index (χ1n) is 6.03. The molecule has 0 aliphatic carbocycles. The highest BCUT2D eigenvalue weighted by atomic mass is 16.6. The minimum Gasteiger partial charge on any atom is -0.469 e. The molecule has 0 radical (unpaired) electrons. The van der Waals surface area contributed by atoms with E-state index in [4.69, 9.17) is 4.74 Å². The van der Waals surface area contributed by atoms with Crippen LogP contribution in [0.1, 0.15) is 11.5 Å². The maximum atomic E-state index is 11.8. The fourth-order valence-corrected chi connectivity index (χ4v) is 2.57. The maximum absolute atomic E-state index is 11.8. The molecule has 1 saturated heterocycles. The molecule has 1 aliphatic rings. The molecule has 0 spiro atoms. The lowest BCUT2D eigenvalue weighted by Gasteiger charge is -2.16. The summed E-state index contributed by atoms with van der Waals surface area (Å²) in [6, 6.07) is 6.39. The summed E-state index contributed by atoms with van der Waals surface area (Å²) >= 11 is 0. The van der Waals surface area contributed by atoms with Gasteiger partial charge in [-0.2, -0.15) is 0 Å². The second kappa shape index (κ2) is 5.36. The number of esters is 1. The van der Waals surface area contributed by atoms with Gasteiger partial charge in [0.2, 0.25) is 0 Å². The molecule has 1 aromatic rings. The Bertz CT molecular complexity index is 486. The molecule has 19 heavy (non-hydrogen) atoms. The molecule has 2 atom stereocenters. The summed E-state index contributed by atoms with van der Waals surface area (Å²) in [4.78, 5) is 24.0. The Balaban J connectivity index is 2.23. The van der Waals surface area contributed by atoms with Crippen molar-refractivity contribution in [1.82, 2.24) is 4.90 Å². The van der Waals surface area contributed by atoms with E-state index in [2.05, 4.69) is 4.90 Å². The largest absolute Gasteiger partial charge is 0.469 e. The molecule has 2 rings (SSSR count). The number of nitro groups is 1. The number of nitro benzene ring substituents is 1. The van der Waals surface area contributed by atoms with Crippen LogP contribution in [0.3, 0.4) is 0 Å². The predicted octanol–water partition coefficient (Wildman–Crippen LogP) is 1.41. The number of carbonyl (C=O) groups excluding carboxylic acids is 1. The van der Waals surface area contributed by atoms with Crippen LogP contribution in [-0.2, 0) is 9.53 Å². The molecule has 1 fully saturated rings. The molecule has 1 aliphatic heterocycles. The van der Waals surface area contributed by atoms with Gasteiger partial charge in [-0.15, -0.1) is 0 Å². The molecule has 0 bridgehead atoms. The normalized spacial score (nSPS) is 23.3. The Labute approximate surface area is 111 Å². The average molecular weight is 264 g/mol. The van der Waals surface area contributed by atoms with Crippen molar-refractivity contribution < 1.29 is 14.5 Å². The quantitative estimate of drug-likeness (QED) is 0.469. The third-order valence-electron chi connectivity index (χ3n) is 3.54. The van der Waals surface area contributed by atoms with Crippen LogP contribution < -0.4 is 0 Å². The Morgan fingerprint density at radius 2 is 2.00 bits per heavy atom. The third-order valence-corrected chi connectivity index (χ3v) is 3.54. The molecule has 0 aromatic heterocycles. The molecule has 1 heterocycles. The standard InChI is InChI=1S/C13H16N2O4/c1-14-7-11(12(8-14)13(16)19-2)9-3-5-10(6-4-9)15(17)18/h3-6,11-12H,7-8H2,1-2H3/t11-,12+/m1/s1. The van der Waals surface area contributed by atoms with Crippen LogP contribution in [0.4, 0.5) is 5.69 Å². The lowest BCUT2D eigenvalue weighted by molar-refractivity contribution is -0.384. The van der Waals surface area contributed by atoms with Crippen LogP contribution >= 0.6 is 0 Å². The van der Waals surface area contributed by atoms with E-state index in [1.54, 1.807) is 12.1 Å². The number of hydrogen-bond donors (Lipinski definition) is 0. The lowest BCUT2D eigenvalue weighted by atomic mass is 9.89. The molecule has 6 nitrogen and oxygen atoms in total. The fraction of sp³-hybridized carbons (Fsp3) is 0.462. The fourth-order valence-electron chi connectivity index (χ4n) is 2.57. The molecular formula is C13H16N2O4. The van der Waals surface area contributed by atoms with Crippen LogP contribution in [0.15, 0.2) is 24.3 Å². The van der Waals surface area contributed by atoms with Crippen molar-refractivity contribution >= 4 is 11.7 Å². The van der Waals surface area contributed by atoms with Crippen molar-refractivity contribution in [2.75, 3.05) is 27.2 Å². The van der Waals surface area contributed by atoms with Crippen molar-refractivity contribution in [3.63, 3.8) is 0 Å². The third kappa shape index (κ3) is 2.73. The minimum absolute atomic E-state index is 0.0262. The topological polar surface area (TPSA) is 72.7 Å². The highest BCUT2D eigenvalue weighted by molar-refractivity contribution is 5.74. The van der Waals surface area contributed by atoms with Crippen molar-refractivity contribution in [3.8, 4) is 0 Å². The Kier molecular flexibility index (Phi) is 3.80. The smallest absolute Gasteiger partial charge is 0.310 e. The van der Waals surface area contributed by atoms with Crippen molar-refractivity contribution in [3.05, 3.63) is 39.9 Å². The summed E-state index contributed by atoms with van der Waals surface area (Å²) < 4.78 is 4.82. The first kappa shape index (κ1) is 13.5. The van der Waals surface area contributed by atoms with Crippen LogP contribution in [0.5, 0.6) is 0 Å². The van der Waals surface area contributed by atoms with Crippen LogP contribution in [-0.4, -0.2) is 43.0 Å². The summed E-state index contributed by atoms with van der Waals surface area (Å²) in [5.41, 5.74) is 0.995. The molecule has 0 amide bonds. The van der Waals surface area contributed by atoms with Gasteiger partial charge in [0.1, 0.15) is 0 Å². The van der Waals surface area contributed by atoms with E-state index in [0.717, 1.165) is 12.1 Å². The highest BCUT2D eigenvalue weighted by Gasteiger charge is 2.37. The first-order chi connectivity index (χ1) is 9.02. The van der Waals surface area contributed by atoms with Gasteiger partial charge in [0.05, 0.1) is 18.0 Å². The van der Waals surface area contributed by atoms with Gasteiger partial charge in [-0.05, 0) is 12.6 Å². The zero-order valence-electron chi connectivity index (χ0n) is 10.9. The summed E-state index contributed by atoms with van der Waals surface area (Å²) in [7, 11) is 3.33. The predicted molar refractivity (Wildman–Crippen MR) is 68.8 cm³/mol. The van der Waals surface area contributed by atoms with E-state index in [1.807, 2.05) is 7.05 Å². The van der Waals surface area contributed by atoms with E-state index in [-0.39, 0.29) is 23.5 Å². The second-order valence-electron chi connectivity index (χ2n) is 4.81. The monoisotopic (exact) mass is 264 g/mol. The van der Waals surface area contributed by atoms with Crippen molar-refractivity contribution in [1.29, 1.82) is 0 Å². The zero-order chi connectivity index (χ0) is 14.0. The number of likely N-dealkylation sites (N-methyl/N-ethyl adjacent to an activating group) is 1. The number of benzene rings is 1. The van der Waals surface area contributed by atoms with Gasteiger partial charge in [-0.25, -0.2) is 0 Å². The van der Waals surface area contributed by atoms with Crippen molar-refractivity contribution in [2.45, 2.75) is 5.92 Å². The first-order valence-corrected chi connectivity index (χ1v) is 6.03. The molecule has 0 unspecified atom stereocenters. The minimum atomic E-state index is -0.428. The van der Waals surface area contributed by atoms with Crippen LogP contribution in [0.2, 0.25) is 0 Å². The van der Waals surface area contributed by atoms with E-state index < -0.39 is 4.92 Å². The average Bonchev–Trinajstić information content (AvgIpc) is 2.80. The Hall–Kier alpha value is -1.95. The van der Waals surface area contributed by atoms with E-state index in [1.165, 1.54) is 19.2 Å². The molecule has 6 heteroatoms. The number of rotatable bonds is 3. The van der Waals surface area contributed by atoms with E-state index in [9.17, 15) is 14.9 Å². The molecular weight excluding hydrogens is 248 g/mol. The van der Waals surface area contributed by atoms with Gasteiger partial charge in [0, 0.05) is 31.1 Å². The second-order valence-corrected chi connectivity index (χ2v) is 4.81. The van der Waals surface area contributed by atoms with E-state index >= 15 is 0 Å². The van der Waals surface area contributed by atoms with E-state index in [0.29, 0.717) is 6.54 Å². The van der Waals surface area contributed by atoms with Gasteiger partial charge >= 0.3 is 5.97 Å². The van der Waals surface area contributed by atoms with Gasteiger partial charge < -0.3 is 9.64 Å². The van der Waals surface area contributed by atoms with Gasteiger partial charge in [-0.3, -0.25) is 14.9 Å². The van der Waals surface area contributed by atoms with Gasteiger partial charge in [0.25, 0.3) is 5.69 Å². The number of nitrogens with zero attached hydrogens (tertiary/aromatic N) is 2. The SMILES string of the molecule is COC(=O)[C@H]1CN(C)C[C@@H]1c1ccc([N+](=O)[O-])cc1. The number of hydrogen-bond acceptors (Lipinski definition) is 5. The Morgan fingerprint density at radius 3 is 2.53 bits per heavy atom. The molecule has 0 N–H and O–H groups in total. The summed E-state index contributed by atoms with van der Waals surface area (Å²) in [5, 5.41) is 10.6. The van der Waals surface area contributed by atoms with Crippen LogP contribution in [0.25, 0.3) is 0 Å². The van der Waals surface area contributed by atoms with Gasteiger partial charge in [0.15, 0.2) is 0 Å². The number of ether oxygens (including phenoxy) is 1. The number of non-ortho nitro benzene ring substituents is 1. The maximum Gasteiger partial charge on any atom is 0.310 e. The van der Waals surface area contributed by atoms with Crippen molar-refractivity contribution in [2.24, 2.45) is 5.92 Å². The number of likely N-dealkylation sites (tertiary alicyclic amines) is 1. The van der Waals surface area contributed by atoms with Gasteiger partial charge in [-0.1, -0.05) is 12.1 Å². The lowest BCUT2D eigenvalue weighted by Crippen LogP contribution is -2.23. The highest BCUT2D eigenvalue weighted by Crippen LogP contribution is 2.33. The summed E-state index contributed by atoms with van der Waals surface area (Å²) in [5.74, 6) is -0.414.